The number of benzene rings is 2. The Morgan fingerprint density at radius 1 is 0.951 bits per heavy atom. The fraction of sp³-hybridized carbons (Fsp3) is 0.333. The summed E-state index contributed by atoms with van der Waals surface area (Å²) in [6, 6.07) is 14.4. The van der Waals surface area contributed by atoms with Crippen LogP contribution in [0.1, 0.15) is 12.5 Å². The number of nitrogens with one attached hydrogen (secondary N) is 3. The smallest absolute Gasteiger partial charge is 0.336 e. The van der Waals surface area contributed by atoms with Crippen molar-refractivity contribution in [2.24, 2.45) is 0 Å². The summed E-state index contributed by atoms with van der Waals surface area (Å²) in [7, 11) is 3.80. The maximum atomic E-state index is 12.6. The SMILES string of the molecule is CCN(CCNc1ccnc2cc(Cl)ccc12)CC(=O)NCCNC(=O)Cc1cc(=O)oc2cc(N(C)C)ccc12. The van der Waals surface area contributed by atoms with Gasteiger partial charge in [-0.25, -0.2) is 4.79 Å². The first kappa shape index (κ1) is 29.8. The van der Waals surface area contributed by atoms with Crippen LogP contribution in [0, 0.1) is 0 Å². The second-order valence-corrected chi connectivity index (χ2v) is 10.3. The molecular weight excluding hydrogens is 544 g/mol. The van der Waals surface area contributed by atoms with Crippen LogP contribution in [0.3, 0.4) is 0 Å². The standard InChI is InChI=1S/C30H35ClN6O4/c1-4-37(14-13-33-25-9-10-32-26-17-21(31)5-7-24(25)26)19-29(39)35-12-11-34-28(38)15-20-16-30(40)41-27-18-22(36(2)3)6-8-23(20)27/h5-10,16-18H,4,11-15,19H2,1-3H3,(H,32,33)(H,34,38)(H,35,39). The van der Waals surface area contributed by atoms with Crippen molar-refractivity contribution >= 4 is 56.7 Å². The first-order valence-electron chi connectivity index (χ1n) is 13.5. The third-order valence-electron chi connectivity index (χ3n) is 6.71. The zero-order valence-electron chi connectivity index (χ0n) is 23.5. The highest BCUT2D eigenvalue weighted by Crippen LogP contribution is 2.24. The molecule has 0 aliphatic carbocycles. The largest absolute Gasteiger partial charge is 0.423 e. The molecule has 3 N–H and O–H groups in total. The Hall–Kier alpha value is -4.15. The van der Waals surface area contributed by atoms with E-state index in [-0.39, 0.29) is 31.3 Å². The van der Waals surface area contributed by atoms with Crippen molar-refractivity contribution in [1.29, 1.82) is 0 Å². The van der Waals surface area contributed by atoms with E-state index in [1.807, 2.05) is 67.2 Å². The number of halogens is 1. The summed E-state index contributed by atoms with van der Waals surface area (Å²) in [5, 5.41) is 11.4. The second kappa shape index (κ2) is 14.0. The molecule has 10 nitrogen and oxygen atoms in total. The lowest BCUT2D eigenvalue weighted by Crippen LogP contribution is -2.42. The van der Waals surface area contributed by atoms with Gasteiger partial charge in [-0.1, -0.05) is 18.5 Å². The van der Waals surface area contributed by atoms with Crippen LogP contribution in [0.15, 0.2) is 63.9 Å². The molecule has 0 bridgehead atoms. The molecule has 2 heterocycles. The first-order valence-corrected chi connectivity index (χ1v) is 13.9. The van der Waals surface area contributed by atoms with E-state index in [1.54, 1.807) is 12.3 Å². The van der Waals surface area contributed by atoms with E-state index in [4.69, 9.17) is 16.0 Å². The van der Waals surface area contributed by atoms with Gasteiger partial charge in [-0.05, 0) is 48.5 Å². The zero-order chi connectivity index (χ0) is 29.4. The summed E-state index contributed by atoms with van der Waals surface area (Å²) >= 11 is 6.07. The van der Waals surface area contributed by atoms with Crippen LogP contribution in [0.2, 0.25) is 5.02 Å². The molecule has 0 aliphatic rings. The van der Waals surface area contributed by atoms with Crippen molar-refractivity contribution < 1.29 is 14.0 Å². The summed E-state index contributed by atoms with van der Waals surface area (Å²) in [6.07, 6.45) is 1.78. The molecule has 2 aromatic heterocycles. The number of rotatable bonds is 13. The Labute approximate surface area is 243 Å². The molecule has 41 heavy (non-hydrogen) atoms. The number of likely N-dealkylation sites (N-methyl/N-ethyl adjacent to an activating group) is 1. The lowest BCUT2D eigenvalue weighted by atomic mass is 10.1. The van der Waals surface area contributed by atoms with Gasteiger partial charge in [-0.15, -0.1) is 0 Å². The molecule has 4 aromatic rings. The maximum Gasteiger partial charge on any atom is 0.336 e. The van der Waals surface area contributed by atoms with Crippen LogP contribution < -0.4 is 26.5 Å². The highest BCUT2D eigenvalue weighted by molar-refractivity contribution is 6.31. The van der Waals surface area contributed by atoms with Gasteiger partial charge in [0.15, 0.2) is 0 Å². The van der Waals surface area contributed by atoms with Crippen LogP contribution in [0.5, 0.6) is 0 Å². The summed E-state index contributed by atoms with van der Waals surface area (Å²) in [5.41, 5.74) is 3.21. The van der Waals surface area contributed by atoms with Gasteiger partial charge in [-0.2, -0.15) is 0 Å². The molecule has 0 saturated carbocycles. The predicted octanol–water partition coefficient (Wildman–Crippen LogP) is 3.27. The van der Waals surface area contributed by atoms with Gasteiger partial charge in [0, 0.05) is 85.8 Å². The van der Waals surface area contributed by atoms with Crippen LogP contribution in [0.4, 0.5) is 11.4 Å². The average Bonchev–Trinajstić information content (AvgIpc) is 2.94. The number of pyridine rings is 1. The number of nitrogens with zero attached hydrogens (tertiary/aromatic N) is 3. The summed E-state index contributed by atoms with van der Waals surface area (Å²) < 4.78 is 5.33. The van der Waals surface area contributed by atoms with Crippen molar-refractivity contribution in [3.8, 4) is 0 Å². The molecule has 2 amide bonds. The molecule has 0 radical (unpaired) electrons. The van der Waals surface area contributed by atoms with Gasteiger partial charge in [0.2, 0.25) is 11.8 Å². The number of carbonyl (C=O) groups excluding carboxylic acids is 2. The van der Waals surface area contributed by atoms with E-state index in [2.05, 4.69) is 20.9 Å². The third kappa shape index (κ3) is 8.18. The van der Waals surface area contributed by atoms with Gasteiger partial charge >= 0.3 is 5.63 Å². The van der Waals surface area contributed by atoms with Crippen molar-refractivity contribution in [2.75, 3.05) is 63.6 Å². The lowest BCUT2D eigenvalue weighted by molar-refractivity contribution is -0.123. The van der Waals surface area contributed by atoms with E-state index in [0.717, 1.165) is 22.3 Å². The predicted molar refractivity (Wildman–Crippen MR) is 164 cm³/mol. The van der Waals surface area contributed by atoms with E-state index >= 15 is 0 Å². The molecular formula is C30H35ClN6O4. The molecule has 0 spiro atoms. The monoisotopic (exact) mass is 578 g/mol. The van der Waals surface area contributed by atoms with Crippen LogP contribution in [-0.2, 0) is 16.0 Å². The van der Waals surface area contributed by atoms with Crippen LogP contribution in [0.25, 0.3) is 21.9 Å². The number of anilines is 2. The Kier molecular flexibility index (Phi) is 10.2. The van der Waals surface area contributed by atoms with Gasteiger partial charge in [0.1, 0.15) is 5.58 Å². The van der Waals surface area contributed by atoms with E-state index in [1.165, 1.54) is 6.07 Å². The zero-order valence-corrected chi connectivity index (χ0v) is 24.3. The quantitative estimate of drug-likeness (QED) is 0.163. The Morgan fingerprint density at radius 3 is 2.46 bits per heavy atom. The Bertz CT molecular complexity index is 1590. The fourth-order valence-electron chi connectivity index (χ4n) is 4.51. The summed E-state index contributed by atoms with van der Waals surface area (Å²) in [4.78, 5) is 45.4. The number of carbonyl (C=O) groups is 2. The van der Waals surface area contributed by atoms with Crippen LogP contribution >= 0.6 is 11.6 Å². The van der Waals surface area contributed by atoms with Crippen LogP contribution in [-0.4, -0.2) is 75.1 Å². The summed E-state index contributed by atoms with van der Waals surface area (Å²) in [5.74, 6) is -0.358. The number of aromatic nitrogens is 1. The number of hydrogen-bond acceptors (Lipinski definition) is 8. The van der Waals surface area contributed by atoms with Crippen molar-refractivity contribution in [1.82, 2.24) is 20.5 Å². The number of hydrogen-bond donors (Lipinski definition) is 3. The Morgan fingerprint density at radius 2 is 1.71 bits per heavy atom. The molecule has 0 saturated heterocycles. The van der Waals surface area contributed by atoms with Gasteiger partial charge < -0.3 is 25.3 Å². The maximum absolute atomic E-state index is 12.6. The lowest BCUT2D eigenvalue weighted by Gasteiger charge is -2.20. The molecule has 0 fully saturated rings. The minimum Gasteiger partial charge on any atom is -0.423 e. The first-order chi connectivity index (χ1) is 19.7. The normalized spacial score (nSPS) is 11.1. The number of amides is 2. The van der Waals surface area contributed by atoms with Crippen molar-refractivity contribution in [3.05, 3.63) is 75.7 Å². The number of fused-ring (bicyclic) bond motifs is 2. The molecule has 4 rings (SSSR count). The topological polar surface area (TPSA) is 120 Å². The average molecular weight is 579 g/mol. The molecule has 11 heteroatoms. The minimum absolute atomic E-state index is 0.0355. The fourth-order valence-corrected chi connectivity index (χ4v) is 4.68. The molecule has 0 aliphatic heterocycles. The van der Waals surface area contributed by atoms with E-state index in [9.17, 15) is 14.4 Å². The van der Waals surface area contributed by atoms with E-state index in [0.29, 0.717) is 47.7 Å². The van der Waals surface area contributed by atoms with E-state index < -0.39 is 5.63 Å². The molecule has 0 unspecified atom stereocenters. The Balaban J connectivity index is 1.19. The van der Waals surface area contributed by atoms with Crippen molar-refractivity contribution in [3.63, 3.8) is 0 Å². The molecule has 216 valence electrons. The highest BCUT2D eigenvalue weighted by Gasteiger charge is 2.12. The van der Waals surface area contributed by atoms with Gasteiger partial charge in [-0.3, -0.25) is 19.5 Å². The second-order valence-electron chi connectivity index (χ2n) is 9.86. The van der Waals surface area contributed by atoms with Gasteiger partial charge in [0.25, 0.3) is 0 Å². The molecule has 2 aromatic carbocycles. The molecule has 0 atom stereocenters. The van der Waals surface area contributed by atoms with Gasteiger partial charge in [0.05, 0.1) is 18.5 Å². The minimum atomic E-state index is -0.502. The summed E-state index contributed by atoms with van der Waals surface area (Å²) in [6.45, 7) is 4.88. The third-order valence-corrected chi connectivity index (χ3v) is 6.95. The highest BCUT2D eigenvalue weighted by atomic mass is 35.5. The van der Waals surface area contributed by atoms with Crippen molar-refractivity contribution in [2.45, 2.75) is 13.3 Å².